The van der Waals surface area contributed by atoms with Crippen molar-refractivity contribution in [2.75, 3.05) is 18.0 Å². The predicted octanol–water partition coefficient (Wildman–Crippen LogP) is 3.25. The highest BCUT2D eigenvalue weighted by atomic mass is 15.1. The van der Waals surface area contributed by atoms with Gasteiger partial charge in [0.2, 0.25) is 0 Å². The molecule has 0 saturated carbocycles. The van der Waals surface area contributed by atoms with E-state index < -0.39 is 0 Å². The summed E-state index contributed by atoms with van der Waals surface area (Å²) in [5, 5.41) is 0. The summed E-state index contributed by atoms with van der Waals surface area (Å²) in [6, 6.07) is 6.93. The van der Waals surface area contributed by atoms with Gasteiger partial charge in [-0.15, -0.1) is 0 Å². The Bertz CT molecular complexity index is 386. The van der Waals surface area contributed by atoms with Gasteiger partial charge in [0.05, 0.1) is 0 Å². The van der Waals surface area contributed by atoms with Crippen LogP contribution in [0.15, 0.2) is 24.3 Å². The van der Waals surface area contributed by atoms with Crippen molar-refractivity contribution in [3.8, 4) is 0 Å². The van der Waals surface area contributed by atoms with Crippen molar-refractivity contribution in [2.45, 2.75) is 25.7 Å². The number of allylic oxidation sites excluding steroid dienone is 1. The van der Waals surface area contributed by atoms with Crippen LogP contribution >= 0.6 is 0 Å². The van der Waals surface area contributed by atoms with E-state index in [0.717, 1.165) is 6.42 Å². The van der Waals surface area contributed by atoms with Crippen LogP contribution in [0.5, 0.6) is 0 Å². The molecule has 0 bridgehead atoms. The van der Waals surface area contributed by atoms with Gasteiger partial charge in [0.1, 0.15) is 0 Å². The van der Waals surface area contributed by atoms with E-state index in [1.165, 1.54) is 49.2 Å². The summed E-state index contributed by atoms with van der Waals surface area (Å²) in [4.78, 5) is 2.52. The topological polar surface area (TPSA) is 3.24 Å². The maximum absolute atomic E-state index is 2.52. The van der Waals surface area contributed by atoms with E-state index in [2.05, 4.69) is 35.3 Å². The lowest BCUT2D eigenvalue weighted by Crippen LogP contribution is -2.29. The van der Waals surface area contributed by atoms with Crippen molar-refractivity contribution in [1.82, 2.24) is 0 Å². The molecule has 0 atom stereocenters. The standard InChI is InChI=1S/C14H17N/c1-2-9-15(10-3-1)14-8-7-12-5-4-6-13(12)11-14/h4,6-8,11H,1-3,5,9-10H2. The number of benzene rings is 1. The Kier molecular flexibility index (Phi) is 2.24. The molecule has 1 aromatic carbocycles. The molecule has 0 amide bonds. The highest BCUT2D eigenvalue weighted by Gasteiger charge is 2.12. The van der Waals surface area contributed by atoms with E-state index in [1.807, 2.05) is 0 Å². The van der Waals surface area contributed by atoms with Crippen LogP contribution in [0, 0.1) is 0 Å². The van der Waals surface area contributed by atoms with E-state index in [9.17, 15) is 0 Å². The van der Waals surface area contributed by atoms with Gasteiger partial charge in [-0.1, -0.05) is 18.2 Å². The van der Waals surface area contributed by atoms with Crippen molar-refractivity contribution in [1.29, 1.82) is 0 Å². The Morgan fingerprint density at radius 1 is 1.00 bits per heavy atom. The summed E-state index contributed by atoms with van der Waals surface area (Å²) in [6.07, 6.45) is 9.74. The largest absolute Gasteiger partial charge is 0.372 e. The van der Waals surface area contributed by atoms with Crippen LogP contribution in [0.1, 0.15) is 30.4 Å². The maximum Gasteiger partial charge on any atom is 0.0372 e. The smallest absolute Gasteiger partial charge is 0.0372 e. The van der Waals surface area contributed by atoms with Crippen molar-refractivity contribution in [3.05, 3.63) is 35.4 Å². The fourth-order valence-corrected chi connectivity index (χ4v) is 2.59. The third-order valence-corrected chi connectivity index (χ3v) is 3.49. The lowest BCUT2D eigenvalue weighted by atomic mass is 10.1. The van der Waals surface area contributed by atoms with E-state index in [-0.39, 0.29) is 0 Å². The SMILES string of the molecule is C1=Cc2cc(N3CCCCC3)ccc2C1. The molecule has 78 valence electrons. The Labute approximate surface area is 91.4 Å². The van der Waals surface area contributed by atoms with E-state index >= 15 is 0 Å². The minimum Gasteiger partial charge on any atom is -0.372 e. The Balaban J connectivity index is 1.88. The molecule has 1 fully saturated rings. The van der Waals surface area contributed by atoms with Crippen LogP contribution in [-0.2, 0) is 6.42 Å². The summed E-state index contributed by atoms with van der Waals surface area (Å²) < 4.78 is 0. The van der Waals surface area contributed by atoms with Crippen molar-refractivity contribution in [2.24, 2.45) is 0 Å². The quantitative estimate of drug-likeness (QED) is 0.671. The molecule has 1 heterocycles. The van der Waals surface area contributed by atoms with Crippen LogP contribution < -0.4 is 4.90 Å². The maximum atomic E-state index is 2.52. The Morgan fingerprint density at radius 3 is 2.73 bits per heavy atom. The van der Waals surface area contributed by atoms with Crippen LogP contribution in [-0.4, -0.2) is 13.1 Å². The molecule has 1 aliphatic carbocycles. The van der Waals surface area contributed by atoms with Gasteiger partial charge in [0.25, 0.3) is 0 Å². The van der Waals surface area contributed by atoms with E-state index in [0.29, 0.717) is 0 Å². The second-order valence-electron chi connectivity index (χ2n) is 4.54. The zero-order valence-electron chi connectivity index (χ0n) is 9.08. The monoisotopic (exact) mass is 199 g/mol. The molecule has 1 saturated heterocycles. The van der Waals surface area contributed by atoms with Gasteiger partial charge in [-0.2, -0.15) is 0 Å². The third-order valence-electron chi connectivity index (χ3n) is 3.49. The van der Waals surface area contributed by atoms with E-state index in [1.54, 1.807) is 0 Å². The first-order valence-electron chi connectivity index (χ1n) is 5.98. The minimum absolute atomic E-state index is 1.12. The average Bonchev–Trinajstić information content (AvgIpc) is 2.77. The zero-order chi connectivity index (χ0) is 10.1. The number of nitrogens with zero attached hydrogens (tertiary/aromatic N) is 1. The number of fused-ring (bicyclic) bond motifs is 1. The number of hydrogen-bond donors (Lipinski definition) is 0. The summed E-state index contributed by atoms with van der Waals surface area (Å²) in [5.74, 6) is 0. The van der Waals surface area contributed by atoms with Crippen LogP contribution in [0.25, 0.3) is 6.08 Å². The average molecular weight is 199 g/mol. The van der Waals surface area contributed by atoms with Gasteiger partial charge in [-0.05, 0) is 48.9 Å². The van der Waals surface area contributed by atoms with E-state index in [4.69, 9.17) is 0 Å². The number of anilines is 1. The molecular formula is C14H17N. The fourth-order valence-electron chi connectivity index (χ4n) is 2.59. The molecule has 1 nitrogen and oxygen atoms in total. The normalized spacial score (nSPS) is 19.3. The number of rotatable bonds is 1. The predicted molar refractivity (Wildman–Crippen MR) is 65.2 cm³/mol. The van der Waals surface area contributed by atoms with Crippen molar-refractivity contribution >= 4 is 11.8 Å². The second-order valence-corrected chi connectivity index (χ2v) is 4.54. The molecule has 3 rings (SSSR count). The molecule has 0 radical (unpaired) electrons. The minimum atomic E-state index is 1.12. The van der Waals surface area contributed by atoms with Gasteiger partial charge in [-0.25, -0.2) is 0 Å². The first kappa shape index (κ1) is 9.02. The molecule has 0 spiro atoms. The Morgan fingerprint density at radius 2 is 1.87 bits per heavy atom. The molecule has 0 unspecified atom stereocenters. The highest BCUT2D eigenvalue weighted by molar-refractivity contribution is 5.65. The summed E-state index contributed by atoms with van der Waals surface area (Å²) in [7, 11) is 0. The van der Waals surface area contributed by atoms with Gasteiger partial charge < -0.3 is 4.90 Å². The number of piperidine rings is 1. The van der Waals surface area contributed by atoms with Crippen LogP contribution in [0.2, 0.25) is 0 Å². The first-order chi connectivity index (χ1) is 7.43. The van der Waals surface area contributed by atoms with Gasteiger partial charge in [0, 0.05) is 18.8 Å². The molecular weight excluding hydrogens is 182 g/mol. The van der Waals surface area contributed by atoms with Crippen molar-refractivity contribution in [3.63, 3.8) is 0 Å². The van der Waals surface area contributed by atoms with Crippen LogP contribution in [0.4, 0.5) is 5.69 Å². The first-order valence-corrected chi connectivity index (χ1v) is 5.98. The molecule has 15 heavy (non-hydrogen) atoms. The molecule has 2 aliphatic rings. The molecule has 1 aliphatic heterocycles. The fraction of sp³-hybridized carbons (Fsp3) is 0.429. The van der Waals surface area contributed by atoms with Gasteiger partial charge in [0.15, 0.2) is 0 Å². The molecule has 1 aromatic rings. The molecule has 1 heteroatoms. The Hall–Kier alpha value is -1.24. The summed E-state index contributed by atoms with van der Waals surface area (Å²) in [5.41, 5.74) is 4.33. The number of hydrogen-bond acceptors (Lipinski definition) is 1. The third kappa shape index (κ3) is 1.67. The van der Waals surface area contributed by atoms with Crippen molar-refractivity contribution < 1.29 is 0 Å². The molecule has 0 aromatic heterocycles. The highest BCUT2D eigenvalue weighted by Crippen LogP contribution is 2.26. The van der Waals surface area contributed by atoms with Gasteiger partial charge in [-0.3, -0.25) is 0 Å². The lowest BCUT2D eigenvalue weighted by molar-refractivity contribution is 0.578. The van der Waals surface area contributed by atoms with Crippen LogP contribution in [0.3, 0.4) is 0 Å². The lowest BCUT2D eigenvalue weighted by Gasteiger charge is -2.29. The second kappa shape index (κ2) is 3.73. The van der Waals surface area contributed by atoms with Gasteiger partial charge >= 0.3 is 0 Å². The summed E-state index contributed by atoms with van der Waals surface area (Å²) in [6.45, 7) is 2.48. The zero-order valence-corrected chi connectivity index (χ0v) is 9.08. The summed E-state index contributed by atoms with van der Waals surface area (Å²) >= 11 is 0. The molecule has 0 N–H and O–H groups in total.